The van der Waals surface area contributed by atoms with Crippen LogP contribution in [0.1, 0.15) is 21.5 Å². The molecular formula is C21H15ClN2O3. The Kier molecular flexibility index (Phi) is 5.64. The Bertz CT molecular complexity index is 979. The number of nitro groups is 1. The van der Waals surface area contributed by atoms with E-state index in [4.69, 9.17) is 11.6 Å². The summed E-state index contributed by atoms with van der Waals surface area (Å²) in [6.07, 6.45) is 3.76. The van der Waals surface area contributed by atoms with Crippen LogP contribution < -0.4 is 5.32 Å². The van der Waals surface area contributed by atoms with Gasteiger partial charge in [0.15, 0.2) is 0 Å². The predicted molar refractivity (Wildman–Crippen MR) is 108 cm³/mol. The number of non-ortho nitro benzene ring substituents is 1. The van der Waals surface area contributed by atoms with Crippen molar-refractivity contribution in [2.24, 2.45) is 0 Å². The molecule has 1 N–H and O–H groups in total. The number of carbonyl (C=O) groups is 1. The van der Waals surface area contributed by atoms with Gasteiger partial charge in [-0.25, -0.2) is 0 Å². The number of nitro benzene ring substituents is 1. The number of nitrogens with zero attached hydrogens (tertiary/aromatic N) is 1. The van der Waals surface area contributed by atoms with Gasteiger partial charge in [0.2, 0.25) is 0 Å². The molecule has 3 rings (SSSR count). The average Bonchev–Trinajstić information content (AvgIpc) is 2.68. The van der Waals surface area contributed by atoms with Crippen molar-refractivity contribution in [3.8, 4) is 0 Å². The Morgan fingerprint density at radius 2 is 1.37 bits per heavy atom. The van der Waals surface area contributed by atoms with Crippen molar-refractivity contribution < 1.29 is 9.72 Å². The maximum Gasteiger partial charge on any atom is 0.269 e. The highest BCUT2D eigenvalue weighted by Gasteiger charge is 2.05. The van der Waals surface area contributed by atoms with Gasteiger partial charge < -0.3 is 5.32 Å². The number of rotatable bonds is 5. The number of anilines is 1. The normalized spacial score (nSPS) is 10.7. The quantitative estimate of drug-likeness (QED) is 0.353. The molecule has 5 nitrogen and oxygen atoms in total. The van der Waals surface area contributed by atoms with Crippen LogP contribution in [0.3, 0.4) is 0 Å². The lowest BCUT2D eigenvalue weighted by Gasteiger charge is -2.06. The van der Waals surface area contributed by atoms with Gasteiger partial charge in [-0.3, -0.25) is 14.9 Å². The zero-order valence-electron chi connectivity index (χ0n) is 14.1. The van der Waals surface area contributed by atoms with Crippen LogP contribution in [0.25, 0.3) is 12.2 Å². The molecule has 6 heteroatoms. The first kappa shape index (κ1) is 18.4. The summed E-state index contributed by atoms with van der Waals surface area (Å²) in [6, 6.07) is 20.4. The van der Waals surface area contributed by atoms with E-state index in [1.54, 1.807) is 36.4 Å². The van der Waals surface area contributed by atoms with Crippen molar-refractivity contribution in [2.75, 3.05) is 5.32 Å². The molecule has 0 aromatic heterocycles. The zero-order valence-corrected chi connectivity index (χ0v) is 14.9. The van der Waals surface area contributed by atoms with E-state index in [1.807, 2.05) is 36.4 Å². The standard InChI is InChI=1S/C21H15ClN2O3/c22-18-9-7-17(8-10-18)21(25)23-19-11-3-15(4-12-19)1-2-16-5-13-20(14-6-16)24(26)27/h1-14H,(H,23,25)/b2-1-. The zero-order chi connectivity index (χ0) is 19.2. The molecule has 0 aliphatic heterocycles. The third kappa shape index (κ3) is 5.03. The highest BCUT2D eigenvalue weighted by Crippen LogP contribution is 2.17. The summed E-state index contributed by atoms with van der Waals surface area (Å²) < 4.78 is 0. The van der Waals surface area contributed by atoms with Crippen LogP contribution in [-0.4, -0.2) is 10.8 Å². The van der Waals surface area contributed by atoms with Gasteiger partial charge in [-0.2, -0.15) is 0 Å². The maximum atomic E-state index is 12.2. The van der Waals surface area contributed by atoms with Crippen LogP contribution in [0.2, 0.25) is 5.02 Å². The van der Waals surface area contributed by atoms with Crippen molar-refractivity contribution in [3.05, 3.63) is 105 Å². The Hall–Kier alpha value is -3.44. The fourth-order valence-corrected chi connectivity index (χ4v) is 2.51. The van der Waals surface area contributed by atoms with E-state index in [0.717, 1.165) is 11.1 Å². The van der Waals surface area contributed by atoms with E-state index in [-0.39, 0.29) is 11.6 Å². The highest BCUT2D eigenvalue weighted by atomic mass is 35.5. The number of nitrogens with one attached hydrogen (secondary N) is 1. The summed E-state index contributed by atoms with van der Waals surface area (Å²) in [5.41, 5.74) is 3.08. The second kappa shape index (κ2) is 8.29. The largest absolute Gasteiger partial charge is 0.322 e. The second-order valence-corrected chi connectivity index (χ2v) is 6.20. The van der Waals surface area contributed by atoms with E-state index in [0.29, 0.717) is 16.3 Å². The van der Waals surface area contributed by atoms with E-state index >= 15 is 0 Å². The third-order valence-corrected chi connectivity index (χ3v) is 4.10. The number of carbonyl (C=O) groups excluding carboxylic acids is 1. The minimum absolute atomic E-state index is 0.0629. The molecule has 27 heavy (non-hydrogen) atoms. The molecule has 0 radical (unpaired) electrons. The van der Waals surface area contributed by atoms with Crippen molar-refractivity contribution in [1.29, 1.82) is 0 Å². The monoisotopic (exact) mass is 378 g/mol. The van der Waals surface area contributed by atoms with E-state index < -0.39 is 4.92 Å². The molecule has 0 spiro atoms. The molecule has 0 bridgehead atoms. The number of halogens is 1. The molecular weight excluding hydrogens is 364 g/mol. The van der Waals surface area contributed by atoms with Gasteiger partial charge in [-0.05, 0) is 59.7 Å². The summed E-state index contributed by atoms with van der Waals surface area (Å²) in [5.74, 6) is -0.208. The first-order valence-corrected chi connectivity index (χ1v) is 8.48. The SMILES string of the molecule is O=C(Nc1ccc(/C=C\c2ccc([N+](=O)[O-])cc2)cc1)c1ccc(Cl)cc1. The molecule has 0 unspecified atom stereocenters. The third-order valence-electron chi connectivity index (χ3n) is 3.85. The van der Waals surface area contributed by atoms with Crippen LogP contribution in [-0.2, 0) is 0 Å². The smallest absolute Gasteiger partial charge is 0.269 e. The Morgan fingerprint density at radius 1 is 0.852 bits per heavy atom. The summed E-state index contributed by atoms with van der Waals surface area (Å²) in [6.45, 7) is 0. The molecule has 0 heterocycles. The van der Waals surface area contributed by atoms with Gasteiger partial charge in [0.25, 0.3) is 11.6 Å². The molecule has 0 fully saturated rings. The molecule has 0 saturated heterocycles. The van der Waals surface area contributed by atoms with Gasteiger partial charge >= 0.3 is 0 Å². The van der Waals surface area contributed by atoms with Crippen molar-refractivity contribution in [3.63, 3.8) is 0 Å². The molecule has 0 saturated carbocycles. The molecule has 3 aromatic carbocycles. The molecule has 0 aliphatic carbocycles. The van der Waals surface area contributed by atoms with Crippen molar-refractivity contribution in [2.45, 2.75) is 0 Å². The van der Waals surface area contributed by atoms with Gasteiger partial charge in [0, 0.05) is 28.4 Å². The van der Waals surface area contributed by atoms with Gasteiger partial charge in [0.1, 0.15) is 0 Å². The first-order chi connectivity index (χ1) is 13.0. The molecule has 134 valence electrons. The number of amides is 1. The number of benzene rings is 3. The first-order valence-electron chi connectivity index (χ1n) is 8.11. The van der Waals surface area contributed by atoms with Crippen LogP contribution in [0.4, 0.5) is 11.4 Å². The van der Waals surface area contributed by atoms with Crippen LogP contribution in [0.15, 0.2) is 72.8 Å². The minimum Gasteiger partial charge on any atom is -0.322 e. The minimum atomic E-state index is -0.426. The second-order valence-electron chi connectivity index (χ2n) is 5.77. The number of hydrogen-bond acceptors (Lipinski definition) is 3. The fourth-order valence-electron chi connectivity index (χ4n) is 2.38. The predicted octanol–water partition coefficient (Wildman–Crippen LogP) is 5.67. The van der Waals surface area contributed by atoms with Crippen LogP contribution in [0.5, 0.6) is 0 Å². The van der Waals surface area contributed by atoms with E-state index in [9.17, 15) is 14.9 Å². The summed E-state index contributed by atoms with van der Waals surface area (Å²) in [7, 11) is 0. The lowest BCUT2D eigenvalue weighted by Crippen LogP contribution is -2.11. The van der Waals surface area contributed by atoms with Gasteiger partial charge in [-0.15, -0.1) is 0 Å². The lowest BCUT2D eigenvalue weighted by molar-refractivity contribution is -0.384. The Labute approximate surface area is 161 Å². The average molecular weight is 379 g/mol. The lowest BCUT2D eigenvalue weighted by atomic mass is 10.1. The molecule has 0 aliphatic rings. The molecule has 1 amide bonds. The van der Waals surface area contributed by atoms with Crippen molar-refractivity contribution in [1.82, 2.24) is 0 Å². The van der Waals surface area contributed by atoms with E-state index in [2.05, 4.69) is 5.32 Å². The maximum absolute atomic E-state index is 12.2. The Morgan fingerprint density at radius 3 is 1.89 bits per heavy atom. The van der Waals surface area contributed by atoms with E-state index in [1.165, 1.54) is 12.1 Å². The number of hydrogen-bond donors (Lipinski definition) is 1. The van der Waals surface area contributed by atoms with Gasteiger partial charge in [0.05, 0.1) is 4.92 Å². The van der Waals surface area contributed by atoms with Crippen molar-refractivity contribution >= 4 is 41.0 Å². The van der Waals surface area contributed by atoms with Crippen LogP contribution >= 0.6 is 11.6 Å². The fraction of sp³-hybridized carbons (Fsp3) is 0. The highest BCUT2D eigenvalue weighted by molar-refractivity contribution is 6.30. The Balaban J connectivity index is 1.63. The topological polar surface area (TPSA) is 72.2 Å². The molecule has 3 aromatic rings. The summed E-state index contributed by atoms with van der Waals surface area (Å²) in [5, 5.41) is 14.1. The molecule has 0 atom stereocenters. The van der Waals surface area contributed by atoms with Crippen LogP contribution in [0, 0.1) is 10.1 Å². The summed E-state index contributed by atoms with van der Waals surface area (Å²) >= 11 is 5.82. The van der Waals surface area contributed by atoms with Gasteiger partial charge in [-0.1, -0.05) is 35.9 Å². The summed E-state index contributed by atoms with van der Waals surface area (Å²) in [4.78, 5) is 22.4.